The Morgan fingerprint density at radius 3 is 2.60 bits per heavy atom. The molecule has 0 spiro atoms. The molecule has 1 atom stereocenters. The molecule has 0 unspecified atom stereocenters. The predicted molar refractivity (Wildman–Crippen MR) is 94.4 cm³/mol. The number of carboxylic acid groups (broad SMARTS) is 1. The number of thiophene rings is 1. The van der Waals surface area contributed by atoms with Crippen LogP contribution in [0.1, 0.15) is 17.2 Å². The van der Waals surface area contributed by atoms with Gasteiger partial charge in [0.15, 0.2) is 0 Å². The van der Waals surface area contributed by atoms with Gasteiger partial charge in [-0.25, -0.2) is 12.8 Å². The first-order chi connectivity index (χ1) is 11.9. The van der Waals surface area contributed by atoms with Crippen LogP contribution in [0.4, 0.5) is 4.39 Å². The van der Waals surface area contributed by atoms with Crippen LogP contribution in [0.2, 0.25) is 0 Å². The number of rotatable bonds is 6. The van der Waals surface area contributed by atoms with E-state index in [1.54, 1.807) is 29.6 Å². The summed E-state index contributed by atoms with van der Waals surface area (Å²) < 4.78 is 41.8. The molecule has 0 radical (unpaired) electrons. The van der Waals surface area contributed by atoms with Crippen molar-refractivity contribution in [2.45, 2.75) is 11.8 Å². The summed E-state index contributed by atoms with van der Waals surface area (Å²) in [6.45, 7) is 0. The molecule has 0 aliphatic rings. The minimum Gasteiger partial charge on any atom is -0.480 e. The fourth-order valence-corrected chi connectivity index (χ4v) is 4.58. The van der Waals surface area contributed by atoms with E-state index in [0.29, 0.717) is 5.56 Å². The summed E-state index contributed by atoms with van der Waals surface area (Å²) in [5, 5.41) is 11.9. The molecule has 3 rings (SSSR count). The summed E-state index contributed by atoms with van der Waals surface area (Å²) >= 11 is 1.36. The Balaban J connectivity index is 1.87. The number of hydrogen-bond donors (Lipinski definition) is 2. The molecule has 0 amide bonds. The van der Waals surface area contributed by atoms with E-state index < -0.39 is 33.6 Å². The van der Waals surface area contributed by atoms with E-state index in [4.69, 9.17) is 0 Å². The molecule has 25 heavy (non-hydrogen) atoms. The minimum absolute atomic E-state index is 0.00407. The van der Waals surface area contributed by atoms with Crippen LogP contribution in [0.5, 0.6) is 0 Å². The average molecular weight is 379 g/mol. The molecule has 0 bridgehead atoms. The lowest BCUT2D eigenvalue weighted by Gasteiger charge is -2.15. The standard InChI is InChI=1S/C17H14FNO4S2/c18-14-9-15-12(6-7-24-15)8-13(14)10-25(22,23)19-16(17(20)21)11-4-2-1-3-5-11/h1-9,16,19H,10H2,(H,20,21)/t16-/m1/s1. The average Bonchev–Trinajstić information content (AvgIpc) is 3.00. The molecule has 0 aliphatic heterocycles. The van der Waals surface area contributed by atoms with Crippen LogP contribution in [0.15, 0.2) is 53.9 Å². The number of aliphatic carboxylic acids is 1. The summed E-state index contributed by atoms with van der Waals surface area (Å²) in [5.74, 6) is -2.60. The van der Waals surface area contributed by atoms with Gasteiger partial charge in [-0.15, -0.1) is 11.3 Å². The van der Waals surface area contributed by atoms with Gasteiger partial charge in [-0.2, -0.15) is 4.72 Å². The van der Waals surface area contributed by atoms with E-state index in [1.807, 2.05) is 0 Å². The number of halogens is 1. The molecule has 1 heterocycles. The van der Waals surface area contributed by atoms with Gasteiger partial charge >= 0.3 is 5.97 Å². The van der Waals surface area contributed by atoms with Gasteiger partial charge < -0.3 is 5.11 Å². The zero-order chi connectivity index (χ0) is 18.0. The van der Waals surface area contributed by atoms with Crippen molar-refractivity contribution in [2.24, 2.45) is 0 Å². The molecule has 0 saturated heterocycles. The number of fused-ring (bicyclic) bond motifs is 1. The molecule has 2 N–H and O–H groups in total. The quantitative estimate of drug-likeness (QED) is 0.688. The van der Waals surface area contributed by atoms with E-state index in [-0.39, 0.29) is 5.56 Å². The number of hydrogen-bond acceptors (Lipinski definition) is 4. The molecule has 0 saturated carbocycles. The third-order valence-electron chi connectivity index (χ3n) is 3.64. The monoisotopic (exact) mass is 379 g/mol. The second kappa shape index (κ2) is 6.91. The molecule has 0 aliphatic carbocycles. The van der Waals surface area contributed by atoms with E-state index >= 15 is 0 Å². The normalized spacial score (nSPS) is 13.0. The lowest BCUT2D eigenvalue weighted by molar-refractivity contribution is -0.139. The highest BCUT2D eigenvalue weighted by Crippen LogP contribution is 2.25. The maximum atomic E-state index is 14.1. The lowest BCUT2D eigenvalue weighted by atomic mass is 10.1. The van der Waals surface area contributed by atoms with E-state index in [2.05, 4.69) is 4.72 Å². The first-order valence-corrected chi connectivity index (χ1v) is 9.82. The van der Waals surface area contributed by atoms with Crippen molar-refractivity contribution in [1.82, 2.24) is 4.72 Å². The van der Waals surface area contributed by atoms with Gasteiger partial charge in [0.25, 0.3) is 0 Å². The number of benzene rings is 2. The Bertz CT molecular complexity index is 1020. The highest BCUT2D eigenvalue weighted by Gasteiger charge is 2.26. The summed E-state index contributed by atoms with van der Waals surface area (Å²) in [7, 11) is -4.07. The Morgan fingerprint density at radius 2 is 1.92 bits per heavy atom. The molecule has 8 heteroatoms. The summed E-state index contributed by atoms with van der Waals surface area (Å²) in [6, 6.07) is 11.1. The largest absolute Gasteiger partial charge is 0.480 e. The van der Waals surface area contributed by atoms with Crippen LogP contribution in [0.25, 0.3) is 10.1 Å². The van der Waals surface area contributed by atoms with Crippen LogP contribution in [0, 0.1) is 5.82 Å². The SMILES string of the molecule is O=C(O)[C@H](NS(=O)(=O)Cc1cc2ccsc2cc1F)c1ccccc1. The minimum atomic E-state index is -4.07. The fraction of sp³-hybridized carbons (Fsp3) is 0.118. The lowest BCUT2D eigenvalue weighted by Crippen LogP contribution is -2.34. The highest BCUT2D eigenvalue weighted by molar-refractivity contribution is 7.88. The molecule has 130 valence electrons. The second-order valence-corrected chi connectivity index (χ2v) is 8.16. The maximum absolute atomic E-state index is 14.1. The van der Waals surface area contributed by atoms with Crippen LogP contribution in [-0.2, 0) is 20.6 Å². The Hall–Kier alpha value is -2.29. The Morgan fingerprint density at radius 1 is 1.20 bits per heavy atom. The zero-order valence-electron chi connectivity index (χ0n) is 12.8. The van der Waals surface area contributed by atoms with Gasteiger partial charge in [0, 0.05) is 10.3 Å². The van der Waals surface area contributed by atoms with Crippen LogP contribution in [-0.4, -0.2) is 19.5 Å². The second-order valence-electron chi connectivity index (χ2n) is 5.46. The van der Waals surface area contributed by atoms with Gasteiger partial charge in [0.1, 0.15) is 11.9 Å². The Labute approximate surface area is 147 Å². The van der Waals surface area contributed by atoms with Crippen molar-refractivity contribution in [2.75, 3.05) is 0 Å². The zero-order valence-corrected chi connectivity index (χ0v) is 14.5. The summed E-state index contributed by atoms with van der Waals surface area (Å²) in [5.41, 5.74) is 0.294. The first kappa shape index (κ1) is 17.5. The van der Waals surface area contributed by atoms with Crippen molar-refractivity contribution < 1.29 is 22.7 Å². The Kier molecular flexibility index (Phi) is 4.85. The van der Waals surface area contributed by atoms with Crippen LogP contribution in [0.3, 0.4) is 0 Å². The van der Waals surface area contributed by atoms with Crippen molar-refractivity contribution in [3.63, 3.8) is 0 Å². The molecule has 5 nitrogen and oxygen atoms in total. The van der Waals surface area contributed by atoms with E-state index in [1.165, 1.54) is 35.6 Å². The molecule has 0 fully saturated rings. The summed E-state index contributed by atoms with van der Waals surface area (Å²) in [4.78, 5) is 11.4. The van der Waals surface area contributed by atoms with Gasteiger partial charge in [0.2, 0.25) is 10.0 Å². The highest BCUT2D eigenvalue weighted by atomic mass is 32.2. The predicted octanol–water partition coefficient (Wildman–Crippen LogP) is 3.29. The molecule has 1 aromatic heterocycles. The molecular weight excluding hydrogens is 365 g/mol. The van der Waals surface area contributed by atoms with E-state index in [9.17, 15) is 22.7 Å². The van der Waals surface area contributed by atoms with Crippen LogP contribution < -0.4 is 4.72 Å². The van der Waals surface area contributed by atoms with Crippen molar-refractivity contribution in [3.8, 4) is 0 Å². The van der Waals surface area contributed by atoms with Gasteiger partial charge in [-0.05, 0) is 34.5 Å². The fourth-order valence-electron chi connectivity index (χ4n) is 2.47. The number of carbonyl (C=O) groups is 1. The first-order valence-electron chi connectivity index (χ1n) is 7.29. The third-order valence-corrected chi connectivity index (χ3v) is 5.81. The van der Waals surface area contributed by atoms with Gasteiger partial charge in [-0.3, -0.25) is 4.79 Å². The van der Waals surface area contributed by atoms with E-state index in [0.717, 1.165) is 10.1 Å². The van der Waals surface area contributed by atoms with Gasteiger partial charge in [-0.1, -0.05) is 30.3 Å². The van der Waals surface area contributed by atoms with Crippen molar-refractivity contribution in [1.29, 1.82) is 0 Å². The van der Waals surface area contributed by atoms with Crippen LogP contribution >= 0.6 is 11.3 Å². The molecular formula is C17H14FNO4S2. The van der Waals surface area contributed by atoms with Crippen molar-refractivity contribution in [3.05, 3.63) is 70.9 Å². The number of nitrogens with one attached hydrogen (secondary N) is 1. The number of carboxylic acids is 1. The third kappa shape index (κ3) is 4.04. The smallest absolute Gasteiger partial charge is 0.326 e. The van der Waals surface area contributed by atoms with Crippen molar-refractivity contribution >= 4 is 37.4 Å². The van der Waals surface area contributed by atoms with Gasteiger partial charge in [0.05, 0.1) is 5.75 Å². The molecule has 2 aromatic carbocycles. The molecule has 3 aromatic rings. The maximum Gasteiger partial charge on any atom is 0.326 e. The topological polar surface area (TPSA) is 83.5 Å². The number of sulfonamides is 1. The summed E-state index contributed by atoms with van der Waals surface area (Å²) in [6.07, 6.45) is 0.